The molecule has 0 saturated heterocycles. The van der Waals surface area contributed by atoms with Gasteiger partial charge in [0.1, 0.15) is 19.8 Å². The van der Waals surface area contributed by atoms with Crippen LogP contribution in [-0.4, -0.2) is 70.0 Å². The molecule has 0 radical (unpaired) electrons. The van der Waals surface area contributed by atoms with E-state index < -0.39 is 32.5 Å². The standard InChI is InChI=1S/C50H88NO8P/c1-6-8-10-12-14-16-18-20-22-24-25-27-28-30-32-34-36-38-40-42-49(52)56-46-48(47-58-60(54,55)57-45-44-51(3,4)5)59-50(53)43-41-39-37-35-33-31-29-26-23-21-19-17-15-13-11-9-7-2/h14-17,20-23,25,27,30,32,48H,6-13,18-19,24,26,28-29,31,33-47H2,1-5H3/b16-14+,17-15+,22-20+,23-21+,27-25+,32-30+/t48-/m1/s1. The quantitative estimate of drug-likeness (QED) is 0.0196. The van der Waals surface area contributed by atoms with E-state index in [1.54, 1.807) is 0 Å². The second-order valence-corrected chi connectivity index (χ2v) is 18.2. The van der Waals surface area contributed by atoms with E-state index >= 15 is 0 Å². The van der Waals surface area contributed by atoms with E-state index in [9.17, 15) is 19.0 Å². The molecule has 0 aliphatic carbocycles. The molecule has 0 aromatic carbocycles. The Kier molecular flexibility index (Phi) is 40.0. The molecule has 1 unspecified atom stereocenters. The Labute approximate surface area is 368 Å². The Hall–Kier alpha value is -2.55. The lowest BCUT2D eigenvalue weighted by Gasteiger charge is -2.28. The molecule has 0 bridgehead atoms. The number of phosphoric acid groups is 1. The number of esters is 2. The fraction of sp³-hybridized carbons (Fsp3) is 0.720. The largest absolute Gasteiger partial charge is 0.756 e. The highest BCUT2D eigenvalue weighted by atomic mass is 31.2. The number of carbonyl (C=O) groups is 2. The minimum absolute atomic E-state index is 0.0414. The second-order valence-electron chi connectivity index (χ2n) is 16.8. The van der Waals surface area contributed by atoms with Crippen molar-refractivity contribution in [1.29, 1.82) is 0 Å². The third-order valence-corrected chi connectivity index (χ3v) is 10.7. The number of likely N-dealkylation sites (N-methyl/N-ethyl adjacent to an activating group) is 1. The van der Waals surface area contributed by atoms with Crippen LogP contribution in [0.4, 0.5) is 0 Å². The van der Waals surface area contributed by atoms with Crippen LogP contribution in [0.5, 0.6) is 0 Å². The highest BCUT2D eigenvalue weighted by molar-refractivity contribution is 7.45. The van der Waals surface area contributed by atoms with Crippen molar-refractivity contribution in [2.24, 2.45) is 0 Å². The molecule has 0 N–H and O–H groups in total. The zero-order valence-electron chi connectivity index (χ0n) is 38.9. The minimum atomic E-state index is -4.64. The number of unbranched alkanes of at least 4 members (excludes halogenated alkanes) is 16. The molecule has 0 aliphatic rings. The summed E-state index contributed by atoms with van der Waals surface area (Å²) >= 11 is 0. The molecule has 0 spiro atoms. The highest BCUT2D eigenvalue weighted by Gasteiger charge is 2.21. The van der Waals surface area contributed by atoms with Crippen LogP contribution in [-0.2, 0) is 32.7 Å². The molecule has 0 aromatic heterocycles. The van der Waals surface area contributed by atoms with E-state index in [-0.39, 0.29) is 26.1 Å². The van der Waals surface area contributed by atoms with Crippen molar-refractivity contribution in [2.45, 2.75) is 187 Å². The first kappa shape index (κ1) is 57.4. The molecule has 0 amide bonds. The summed E-state index contributed by atoms with van der Waals surface area (Å²) < 4.78 is 33.9. The number of hydrogen-bond acceptors (Lipinski definition) is 8. The van der Waals surface area contributed by atoms with Crippen LogP contribution >= 0.6 is 7.82 Å². The van der Waals surface area contributed by atoms with Crippen molar-refractivity contribution >= 4 is 19.8 Å². The maximum atomic E-state index is 12.7. The van der Waals surface area contributed by atoms with Gasteiger partial charge in [0.05, 0.1) is 27.7 Å². The van der Waals surface area contributed by atoms with Crippen molar-refractivity contribution in [3.8, 4) is 0 Å². The summed E-state index contributed by atoms with van der Waals surface area (Å²) in [5, 5.41) is 0. The van der Waals surface area contributed by atoms with Gasteiger partial charge >= 0.3 is 11.9 Å². The van der Waals surface area contributed by atoms with E-state index in [0.717, 1.165) is 70.6 Å². The predicted octanol–water partition coefficient (Wildman–Crippen LogP) is 13.2. The fourth-order valence-corrected chi connectivity index (χ4v) is 6.69. The van der Waals surface area contributed by atoms with Gasteiger partial charge in [0.15, 0.2) is 6.10 Å². The van der Waals surface area contributed by atoms with E-state index in [1.165, 1.54) is 70.6 Å². The molecule has 0 rings (SSSR count). The van der Waals surface area contributed by atoms with Crippen LogP contribution in [0.2, 0.25) is 0 Å². The minimum Gasteiger partial charge on any atom is -0.756 e. The van der Waals surface area contributed by atoms with Crippen molar-refractivity contribution in [1.82, 2.24) is 0 Å². The van der Waals surface area contributed by atoms with Gasteiger partial charge in [-0.1, -0.05) is 151 Å². The molecule has 0 fully saturated rings. The Morgan fingerprint density at radius 2 is 0.900 bits per heavy atom. The predicted molar refractivity (Wildman–Crippen MR) is 249 cm³/mol. The molecular weight excluding hydrogens is 774 g/mol. The van der Waals surface area contributed by atoms with Gasteiger partial charge in [-0.2, -0.15) is 0 Å². The topological polar surface area (TPSA) is 111 Å². The molecular formula is C50H88NO8P. The van der Waals surface area contributed by atoms with Gasteiger partial charge in [-0.15, -0.1) is 0 Å². The van der Waals surface area contributed by atoms with Gasteiger partial charge in [-0.3, -0.25) is 14.2 Å². The number of quaternary nitrogens is 1. The highest BCUT2D eigenvalue weighted by Crippen LogP contribution is 2.38. The molecule has 2 atom stereocenters. The van der Waals surface area contributed by atoms with E-state index in [0.29, 0.717) is 23.9 Å². The maximum absolute atomic E-state index is 12.7. The number of nitrogens with zero attached hydrogens (tertiary/aromatic N) is 1. The Morgan fingerprint density at radius 1 is 0.517 bits per heavy atom. The molecule has 10 heteroatoms. The number of rotatable bonds is 42. The normalized spacial score (nSPS) is 14.2. The van der Waals surface area contributed by atoms with Gasteiger partial charge in [-0.25, -0.2) is 0 Å². The third kappa shape index (κ3) is 45.0. The van der Waals surface area contributed by atoms with E-state index in [2.05, 4.69) is 86.8 Å². The van der Waals surface area contributed by atoms with E-state index in [4.69, 9.17) is 18.5 Å². The lowest BCUT2D eigenvalue weighted by molar-refractivity contribution is -0.870. The Balaban J connectivity index is 4.41. The third-order valence-electron chi connectivity index (χ3n) is 9.70. The second kappa shape index (κ2) is 41.8. The van der Waals surface area contributed by atoms with Crippen molar-refractivity contribution < 1.29 is 42.1 Å². The van der Waals surface area contributed by atoms with Crippen LogP contribution in [0.15, 0.2) is 72.9 Å². The van der Waals surface area contributed by atoms with Gasteiger partial charge in [0, 0.05) is 12.8 Å². The Bertz CT molecular complexity index is 1250. The summed E-state index contributed by atoms with van der Waals surface area (Å²) in [4.78, 5) is 37.6. The monoisotopic (exact) mass is 862 g/mol. The first-order chi connectivity index (χ1) is 29.0. The summed E-state index contributed by atoms with van der Waals surface area (Å²) in [6.07, 6.45) is 52.1. The molecule has 0 saturated carbocycles. The first-order valence-corrected chi connectivity index (χ1v) is 25.1. The smallest absolute Gasteiger partial charge is 0.306 e. The molecule has 346 valence electrons. The summed E-state index contributed by atoms with van der Waals surface area (Å²) in [6.45, 7) is 4.12. The molecule has 60 heavy (non-hydrogen) atoms. The van der Waals surface area contributed by atoms with Gasteiger partial charge in [0.2, 0.25) is 0 Å². The summed E-state index contributed by atoms with van der Waals surface area (Å²) in [6, 6.07) is 0. The first-order valence-electron chi connectivity index (χ1n) is 23.6. The van der Waals surface area contributed by atoms with Crippen LogP contribution in [0, 0.1) is 0 Å². The van der Waals surface area contributed by atoms with E-state index in [1.807, 2.05) is 21.1 Å². The molecule has 9 nitrogen and oxygen atoms in total. The number of carbonyl (C=O) groups excluding carboxylic acids is 2. The van der Waals surface area contributed by atoms with Crippen LogP contribution in [0.1, 0.15) is 181 Å². The lowest BCUT2D eigenvalue weighted by Crippen LogP contribution is -2.37. The maximum Gasteiger partial charge on any atom is 0.306 e. The molecule has 0 heterocycles. The zero-order valence-corrected chi connectivity index (χ0v) is 39.8. The van der Waals surface area contributed by atoms with Gasteiger partial charge < -0.3 is 27.9 Å². The van der Waals surface area contributed by atoms with Crippen LogP contribution < -0.4 is 4.89 Å². The van der Waals surface area contributed by atoms with Gasteiger partial charge in [-0.05, 0) is 89.9 Å². The summed E-state index contributed by atoms with van der Waals surface area (Å²) in [7, 11) is 1.13. The SMILES string of the molecule is CCCCC/C=C/C/C=C/C/C=C/C/C=C/CCCCCC(=O)OC[C@H](COP(=O)([O-])OCC[N+](C)(C)C)OC(=O)CCCCCCCCC/C=C/C/C=C/CCCCC. The number of hydrogen-bond donors (Lipinski definition) is 0. The summed E-state index contributed by atoms with van der Waals surface area (Å²) in [5.41, 5.74) is 0. The average Bonchev–Trinajstić information content (AvgIpc) is 3.20. The Morgan fingerprint density at radius 3 is 1.35 bits per heavy atom. The number of allylic oxidation sites excluding steroid dienone is 12. The van der Waals surface area contributed by atoms with Crippen molar-refractivity contribution in [3.05, 3.63) is 72.9 Å². The zero-order chi connectivity index (χ0) is 44.3. The average molecular weight is 862 g/mol. The van der Waals surface area contributed by atoms with Gasteiger partial charge in [0.25, 0.3) is 7.82 Å². The van der Waals surface area contributed by atoms with Crippen molar-refractivity contribution in [2.75, 3.05) is 47.5 Å². The number of phosphoric ester groups is 1. The van der Waals surface area contributed by atoms with Crippen LogP contribution in [0.3, 0.4) is 0 Å². The number of ether oxygens (including phenoxy) is 2. The van der Waals surface area contributed by atoms with Crippen molar-refractivity contribution in [3.63, 3.8) is 0 Å². The molecule has 0 aliphatic heterocycles. The fourth-order valence-electron chi connectivity index (χ4n) is 5.96. The lowest BCUT2D eigenvalue weighted by atomic mass is 10.1. The summed E-state index contributed by atoms with van der Waals surface area (Å²) in [5.74, 6) is -0.884. The molecule has 0 aromatic rings. The van der Waals surface area contributed by atoms with Crippen LogP contribution in [0.25, 0.3) is 0 Å².